The minimum absolute atomic E-state index is 0.137. The third-order valence-corrected chi connectivity index (χ3v) is 4.57. The number of halogens is 2. The second-order valence-corrected chi connectivity index (χ2v) is 5.92. The van der Waals surface area contributed by atoms with Crippen LogP contribution in [-0.4, -0.2) is 17.0 Å². The molecule has 0 aromatic heterocycles. The summed E-state index contributed by atoms with van der Waals surface area (Å²) >= 11 is 9.22. The van der Waals surface area contributed by atoms with Crippen LogP contribution in [0.15, 0.2) is 22.7 Å². The van der Waals surface area contributed by atoms with Gasteiger partial charge in [-0.25, -0.2) is 0 Å². The van der Waals surface area contributed by atoms with E-state index >= 15 is 0 Å². The Labute approximate surface area is 124 Å². The van der Waals surface area contributed by atoms with Gasteiger partial charge in [0.25, 0.3) is 0 Å². The molecule has 6 heteroatoms. The van der Waals surface area contributed by atoms with Crippen LogP contribution in [0, 0.1) is 11.8 Å². The fourth-order valence-electron chi connectivity index (χ4n) is 2.26. The molecule has 102 valence electrons. The average molecular weight is 347 g/mol. The first kappa shape index (κ1) is 14.3. The van der Waals surface area contributed by atoms with E-state index in [0.29, 0.717) is 30.0 Å². The predicted octanol–water partition coefficient (Wildman–Crippen LogP) is 3.54. The number of aliphatic carboxylic acids is 1. The molecule has 19 heavy (non-hydrogen) atoms. The second-order valence-electron chi connectivity index (χ2n) is 4.66. The van der Waals surface area contributed by atoms with E-state index in [1.54, 1.807) is 18.2 Å². The summed E-state index contributed by atoms with van der Waals surface area (Å²) in [6.45, 7) is 0. The van der Waals surface area contributed by atoms with Gasteiger partial charge in [-0.05, 0) is 53.4 Å². The molecule has 1 fully saturated rings. The standard InChI is InChI=1S/C13H13BrClNO3/c14-10-4-3-9(6-11(10)15)16-12(17)7-1-2-8(5-7)13(18)19/h3-4,6-8H,1-2,5H2,(H,16,17)(H,18,19)/t7-,8+/m1/s1. The molecule has 2 atom stereocenters. The number of carboxylic acid groups (broad SMARTS) is 1. The van der Waals surface area contributed by atoms with Crippen molar-refractivity contribution >= 4 is 45.1 Å². The van der Waals surface area contributed by atoms with Crippen molar-refractivity contribution in [1.82, 2.24) is 0 Å². The van der Waals surface area contributed by atoms with Crippen LogP contribution < -0.4 is 5.32 Å². The molecule has 0 unspecified atom stereocenters. The van der Waals surface area contributed by atoms with Crippen molar-refractivity contribution in [2.24, 2.45) is 11.8 Å². The third kappa shape index (κ3) is 3.48. The highest BCUT2D eigenvalue weighted by Crippen LogP contribution is 2.32. The Bertz CT molecular complexity index is 521. The van der Waals surface area contributed by atoms with Crippen LogP contribution >= 0.6 is 27.5 Å². The predicted molar refractivity (Wildman–Crippen MR) is 76.2 cm³/mol. The molecular formula is C13H13BrClNO3. The summed E-state index contributed by atoms with van der Waals surface area (Å²) in [5.41, 5.74) is 0.622. The number of carbonyl (C=O) groups excluding carboxylic acids is 1. The molecular weight excluding hydrogens is 334 g/mol. The van der Waals surface area contributed by atoms with Crippen LogP contribution in [-0.2, 0) is 9.59 Å². The molecule has 0 saturated heterocycles. The highest BCUT2D eigenvalue weighted by atomic mass is 79.9. The maximum Gasteiger partial charge on any atom is 0.306 e. The summed E-state index contributed by atoms with van der Waals surface area (Å²) in [6, 6.07) is 5.16. The van der Waals surface area contributed by atoms with Crippen molar-refractivity contribution in [1.29, 1.82) is 0 Å². The number of carboxylic acids is 1. The van der Waals surface area contributed by atoms with Crippen molar-refractivity contribution < 1.29 is 14.7 Å². The summed E-state index contributed by atoms with van der Waals surface area (Å²) in [7, 11) is 0. The zero-order valence-corrected chi connectivity index (χ0v) is 12.4. The molecule has 1 aromatic rings. The Morgan fingerprint density at radius 1 is 1.32 bits per heavy atom. The quantitative estimate of drug-likeness (QED) is 0.879. The monoisotopic (exact) mass is 345 g/mol. The average Bonchev–Trinajstić information content (AvgIpc) is 2.83. The first-order valence-corrected chi connectivity index (χ1v) is 7.13. The van der Waals surface area contributed by atoms with Gasteiger partial charge in [-0.2, -0.15) is 0 Å². The first-order chi connectivity index (χ1) is 8.97. The molecule has 0 heterocycles. The van der Waals surface area contributed by atoms with Crippen molar-refractivity contribution in [3.8, 4) is 0 Å². The minimum atomic E-state index is -0.818. The highest BCUT2D eigenvalue weighted by molar-refractivity contribution is 9.10. The number of anilines is 1. The van der Waals surface area contributed by atoms with Crippen LogP contribution in [0.25, 0.3) is 0 Å². The van der Waals surface area contributed by atoms with Crippen LogP contribution in [0.3, 0.4) is 0 Å². The first-order valence-electron chi connectivity index (χ1n) is 5.96. The Morgan fingerprint density at radius 3 is 2.58 bits per heavy atom. The Kier molecular flexibility index (Phi) is 4.47. The van der Waals surface area contributed by atoms with Crippen molar-refractivity contribution in [2.75, 3.05) is 5.32 Å². The molecule has 1 aliphatic carbocycles. The summed E-state index contributed by atoms with van der Waals surface area (Å²) in [5, 5.41) is 12.2. The lowest BCUT2D eigenvalue weighted by molar-refractivity contribution is -0.141. The van der Waals surface area contributed by atoms with Gasteiger partial charge >= 0.3 is 5.97 Å². The normalized spacial score (nSPS) is 22.2. The minimum Gasteiger partial charge on any atom is -0.481 e. The summed E-state index contributed by atoms with van der Waals surface area (Å²) in [6.07, 6.45) is 1.59. The van der Waals surface area contributed by atoms with Crippen molar-refractivity contribution in [3.05, 3.63) is 27.7 Å². The van der Waals surface area contributed by atoms with E-state index in [1.807, 2.05) is 0 Å². The van der Waals surface area contributed by atoms with Gasteiger partial charge in [0.2, 0.25) is 5.91 Å². The van der Waals surface area contributed by atoms with Gasteiger partial charge in [0.15, 0.2) is 0 Å². The highest BCUT2D eigenvalue weighted by Gasteiger charge is 2.33. The molecule has 0 bridgehead atoms. The lowest BCUT2D eigenvalue weighted by Gasteiger charge is -2.11. The van der Waals surface area contributed by atoms with E-state index in [1.165, 1.54) is 0 Å². The Hall–Kier alpha value is -1.07. The van der Waals surface area contributed by atoms with E-state index in [9.17, 15) is 9.59 Å². The number of rotatable bonds is 3. The molecule has 0 aliphatic heterocycles. The zero-order valence-electron chi connectivity index (χ0n) is 10.0. The molecule has 4 nitrogen and oxygen atoms in total. The molecule has 1 saturated carbocycles. The third-order valence-electron chi connectivity index (χ3n) is 3.34. The number of benzene rings is 1. The molecule has 2 rings (SSSR count). The molecule has 1 aromatic carbocycles. The van der Waals surface area contributed by atoms with Gasteiger partial charge in [0.05, 0.1) is 10.9 Å². The van der Waals surface area contributed by atoms with Gasteiger partial charge in [0.1, 0.15) is 0 Å². The molecule has 1 amide bonds. The summed E-state index contributed by atoms with van der Waals surface area (Å²) < 4.78 is 0.763. The van der Waals surface area contributed by atoms with Gasteiger partial charge in [-0.1, -0.05) is 11.6 Å². The fraction of sp³-hybridized carbons (Fsp3) is 0.385. The molecule has 2 N–H and O–H groups in total. The Balaban J connectivity index is 1.98. The van der Waals surface area contributed by atoms with Crippen LogP contribution in [0.4, 0.5) is 5.69 Å². The van der Waals surface area contributed by atoms with Gasteiger partial charge in [-0.3, -0.25) is 9.59 Å². The maximum absolute atomic E-state index is 12.0. The van der Waals surface area contributed by atoms with E-state index in [0.717, 1.165) is 4.47 Å². The van der Waals surface area contributed by atoms with E-state index < -0.39 is 11.9 Å². The van der Waals surface area contributed by atoms with E-state index in [-0.39, 0.29) is 11.8 Å². The second kappa shape index (κ2) is 5.92. The number of hydrogen-bond donors (Lipinski definition) is 2. The lowest BCUT2D eigenvalue weighted by atomic mass is 10.0. The molecule has 0 spiro atoms. The van der Waals surface area contributed by atoms with Gasteiger partial charge in [0, 0.05) is 16.1 Å². The number of carbonyl (C=O) groups is 2. The number of hydrogen-bond acceptors (Lipinski definition) is 2. The molecule has 0 radical (unpaired) electrons. The van der Waals surface area contributed by atoms with E-state index in [2.05, 4.69) is 21.2 Å². The topological polar surface area (TPSA) is 66.4 Å². The van der Waals surface area contributed by atoms with Crippen LogP contribution in [0.5, 0.6) is 0 Å². The lowest BCUT2D eigenvalue weighted by Crippen LogP contribution is -2.21. The van der Waals surface area contributed by atoms with Crippen LogP contribution in [0.1, 0.15) is 19.3 Å². The SMILES string of the molecule is O=C(O)[C@H]1CC[C@@H](C(=O)Nc2ccc(Br)c(Cl)c2)C1. The van der Waals surface area contributed by atoms with Crippen molar-refractivity contribution in [3.63, 3.8) is 0 Å². The Morgan fingerprint density at radius 2 is 2.00 bits per heavy atom. The zero-order chi connectivity index (χ0) is 14.0. The summed E-state index contributed by atoms with van der Waals surface area (Å²) in [4.78, 5) is 22.9. The summed E-state index contributed by atoms with van der Waals surface area (Å²) in [5.74, 6) is -1.59. The molecule has 1 aliphatic rings. The van der Waals surface area contributed by atoms with Crippen LogP contribution in [0.2, 0.25) is 5.02 Å². The largest absolute Gasteiger partial charge is 0.481 e. The van der Waals surface area contributed by atoms with E-state index in [4.69, 9.17) is 16.7 Å². The van der Waals surface area contributed by atoms with Crippen molar-refractivity contribution in [2.45, 2.75) is 19.3 Å². The maximum atomic E-state index is 12.0. The van der Waals surface area contributed by atoms with Gasteiger partial charge < -0.3 is 10.4 Å². The number of amides is 1. The number of nitrogens with one attached hydrogen (secondary N) is 1. The fourth-order valence-corrected chi connectivity index (χ4v) is 2.69. The smallest absolute Gasteiger partial charge is 0.306 e. The van der Waals surface area contributed by atoms with Gasteiger partial charge in [-0.15, -0.1) is 0 Å².